The molecule has 0 saturated heterocycles. The summed E-state index contributed by atoms with van der Waals surface area (Å²) in [7, 11) is -3.26. The van der Waals surface area contributed by atoms with Crippen LogP contribution >= 0.6 is 0 Å². The fourth-order valence-electron chi connectivity index (χ4n) is 2.47. The molecule has 0 bridgehead atoms. The summed E-state index contributed by atoms with van der Waals surface area (Å²) in [4.78, 5) is 0.327. The Labute approximate surface area is 119 Å². The van der Waals surface area contributed by atoms with Crippen LogP contribution in [0.4, 0.5) is 5.69 Å². The fraction of sp³-hybridized carbons (Fsp3) is 0.571. The standard InChI is InChI=1S/C14H21NO4S/c16-10-12(17)9-15-11-4-3-7-14(8-11)20(18,19)13-5-1-2-6-13/h3-4,7-8,12-13,15-17H,1-2,5-6,9-10H2. The van der Waals surface area contributed by atoms with E-state index in [1.54, 1.807) is 24.3 Å². The lowest BCUT2D eigenvalue weighted by Crippen LogP contribution is -2.23. The summed E-state index contributed by atoms with van der Waals surface area (Å²) >= 11 is 0. The van der Waals surface area contributed by atoms with Crippen LogP contribution in [-0.4, -0.2) is 43.1 Å². The molecule has 0 amide bonds. The van der Waals surface area contributed by atoms with Crippen molar-refractivity contribution in [3.63, 3.8) is 0 Å². The third kappa shape index (κ3) is 3.50. The molecular weight excluding hydrogens is 278 g/mol. The first-order chi connectivity index (χ1) is 9.54. The Morgan fingerprint density at radius 3 is 2.65 bits per heavy atom. The number of rotatable bonds is 6. The molecule has 6 heteroatoms. The Morgan fingerprint density at radius 1 is 1.30 bits per heavy atom. The molecule has 2 rings (SSSR count). The minimum atomic E-state index is -3.26. The number of aliphatic hydroxyl groups excluding tert-OH is 2. The molecule has 3 N–H and O–H groups in total. The minimum absolute atomic E-state index is 0.184. The van der Waals surface area contributed by atoms with Crippen molar-refractivity contribution < 1.29 is 18.6 Å². The molecule has 1 atom stereocenters. The predicted molar refractivity (Wildman–Crippen MR) is 77.5 cm³/mol. The van der Waals surface area contributed by atoms with E-state index >= 15 is 0 Å². The van der Waals surface area contributed by atoms with Crippen LogP contribution < -0.4 is 5.32 Å². The molecule has 1 aromatic rings. The van der Waals surface area contributed by atoms with Crippen LogP contribution in [0.2, 0.25) is 0 Å². The Kier molecular flexibility index (Phi) is 5.01. The zero-order valence-corrected chi connectivity index (χ0v) is 12.1. The van der Waals surface area contributed by atoms with Crippen molar-refractivity contribution >= 4 is 15.5 Å². The number of aliphatic hydroxyl groups is 2. The SMILES string of the molecule is O=S(=O)(c1cccc(NCC(O)CO)c1)C1CCCC1. The van der Waals surface area contributed by atoms with Gasteiger partial charge in [0.1, 0.15) is 0 Å². The van der Waals surface area contributed by atoms with E-state index in [0.717, 1.165) is 25.7 Å². The second kappa shape index (κ2) is 6.56. The highest BCUT2D eigenvalue weighted by molar-refractivity contribution is 7.92. The van der Waals surface area contributed by atoms with E-state index in [0.29, 0.717) is 10.6 Å². The van der Waals surface area contributed by atoms with Crippen molar-refractivity contribution in [3.05, 3.63) is 24.3 Å². The van der Waals surface area contributed by atoms with Gasteiger partial charge in [-0.05, 0) is 31.0 Å². The quantitative estimate of drug-likeness (QED) is 0.734. The minimum Gasteiger partial charge on any atom is -0.394 e. The molecule has 1 aliphatic rings. The lowest BCUT2D eigenvalue weighted by atomic mass is 10.3. The zero-order chi connectivity index (χ0) is 14.6. The maximum atomic E-state index is 12.5. The van der Waals surface area contributed by atoms with Gasteiger partial charge in [0.2, 0.25) is 0 Å². The highest BCUT2D eigenvalue weighted by Crippen LogP contribution is 2.30. The molecule has 0 aliphatic heterocycles. The second-order valence-electron chi connectivity index (χ2n) is 5.20. The van der Waals surface area contributed by atoms with Crippen molar-refractivity contribution in [1.29, 1.82) is 0 Å². The molecule has 0 radical (unpaired) electrons. The average molecular weight is 299 g/mol. The Morgan fingerprint density at radius 2 is 2.00 bits per heavy atom. The van der Waals surface area contributed by atoms with Gasteiger partial charge in [0.25, 0.3) is 0 Å². The number of hydrogen-bond donors (Lipinski definition) is 3. The van der Waals surface area contributed by atoms with Gasteiger partial charge >= 0.3 is 0 Å². The lowest BCUT2D eigenvalue weighted by Gasteiger charge is -2.14. The van der Waals surface area contributed by atoms with Gasteiger partial charge in [0, 0.05) is 12.2 Å². The van der Waals surface area contributed by atoms with Crippen molar-refractivity contribution in [2.75, 3.05) is 18.5 Å². The van der Waals surface area contributed by atoms with E-state index in [4.69, 9.17) is 5.11 Å². The van der Waals surface area contributed by atoms with Gasteiger partial charge in [0.05, 0.1) is 22.9 Å². The van der Waals surface area contributed by atoms with Crippen molar-refractivity contribution in [3.8, 4) is 0 Å². The van der Waals surface area contributed by atoms with E-state index in [2.05, 4.69) is 5.32 Å². The van der Waals surface area contributed by atoms with Gasteiger partial charge in [-0.2, -0.15) is 0 Å². The van der Waals surface area contributed by atoms with Crippen molar-refractivity contribution in [2.45, 2.75) is 41.9 Å². The van der Waals surface area contributed by atoms with Crippen LogP contribution in [-0.2, 0) is 9.84 Å². The van der Waals surface area contributed by atoms with E-state index in [9.17, 15) is 13.5 Å². The molecule has 0 spiro atoms. The fourth-order valence-corrected chi connectivity index (χ4v) is 4.37. The zero-order valence-electron chi connectivity index (χ0n) is 11.3. The van der Waals surface area contributed by atoms with Gasteiger partial charge in [-0.1, -0.05) is 18.9 Å². The summed E-state index contributed by atoms with van der Waals surface area (Å²) in [5.41, 5.74) is 0.636. The molecule has 112 valence electrons. The molecule has 1 aliphatic carbocycles. The van der Waals surface area contributed by atoms with Crippen LogP contribution in [0.1, 0.15) is 25.7 Å². The first-order valence-corrected chi connectivity index (χ1v) is 8.45. The van der Waals surface area contributed by atoms with Crippen LogP contribution in [0.15, 0.2) is 29.2 Å². The highest BCUT2D eigenvalue weighted by Gasteiger charge is 2.30. The number of anilines is 1. The Balaban J connectivity index is 2.12. The maximum Gasteiger partial charge on any atom is 0.181 e. The first-order valence-electron chi connectivity index (χ1n) is 6.91. The summed E-state index contributed by atoms with van der Waals surface area (Å²) in [6.45, 7) is -0.142. The summed E-state index contributed by atoms with van der Waals surface area (Å²) in [5.74, 6) is 0. The smallest absolute Gasteiger partial charge is 0.181 e. The molecule has 0 heterocycles. The summed E-state index contributed by atoms with van der Waals surface area (Å²) in [6, 6.07) is 6.65. The van der Waals surface area contributed by atoms with E-state index < -0.39 is 15.9 Å². The van der Waals surface area contributed by atoms with Crippen LogP contribution in [0.5, 0.6) is 0 Å². The summed E-state index contributed by atoms with van der Waals surface area (Å²) in [6.07, 6.45) is 2.58. The summed E-state index contributed by atoms with van der Waals surface area (Å²) in [5, 5.41) is 20.7. The molecule has 1 unspecified atom stereocenters. The lowest BCUT2D eigenvalue weighted by molar-refractivity contribution is 0.105. The van der Waals surface area contributed by atoms with E-state index in [-0.39, 0.29) is 18.4 Å². The van der Waals surface area contributed by atoms with Crippen molar-refractivity contribution in [1.82, 2.24) is 0 Å². The van der Waals surface area contributed by atoms with Gasteiger partial charge < -0.3 is 15.5 Å². The molecule has 0 aromatic heterocycles. The highest BCUT2D eigenvalue weighted by atomic mass is 32.2. The van der Waals surface area contributed by atoms with Crippen molar-refractivity contribution in [2.24, 2.45) is 0 Å². The average Bonchev–Trinajstić information content (AvgIpc) is 3.00. The molecule has 1 fully saturated rings. The van der Waals surface area contributed by atoms with E-state index in [1.807, 2.05) is 0 Å². The number of nitrogens with one attached hydrogen (secondary N) is 1. The molecule has 20 heavy (non-hydrogen) atoms. The number of benzene rings is 1. The van der Waals surface area contributed by atoms with Crippen LogP contribution in [0.25, 0.3) is 0 Å². The molecule has 5 nitrogen and oxygen atoms in total. The van der Waals surface area contributed by atoms with Gasteiger partial charge in [0.15, 0.2) is 9.84 Å². The van der Waals surface area contributed by atoms with Gasteiger partial charge in [-0.3, -0.25) is 0 Å². The van der Waals surface area contributed by atoms with Gasteiger partial charge in [-0.15, -0.1) is 0 Å². The maximum absolute atomic E-state index is 12.5. The topological polar surface area (TPSA) is 86.6 Å². The number of sulfone groups is 1. The molecular formula is C14H21NO4S. The number of hydrogen-bond acceptors (Lipinski definition) is 5. The Hall–Kier alpha value is -1.11. The molecule has 1 aromatic carbocycles. The molecule has 1 saturated carbocycles. The Bertz CT molecular complexity index is 538. The van der Waals surface area contributed by atoms with Gasteiger partial charge in [-0.25, -0.2) is 8.42 Å². The third-order valence-electron chi connectivity index (χ3n) is 3.66. The largest absolute Gasteiger partial charge is 0.394 e. The van der Waals surface area contributed by atoms with Crippen LogP contribution in [0.3, 0.4) is 0 Å². The predicted octanol–water partition coefficient (Wildman–Crippen LogP) is 1.17. The summed E-state index contributed by atoms with van der Waals surface area (Å²) < 4.78 is 24.9. The second-order valence-corrected chi connectivity index (χ2v) is 7.42. The van der Waals surface area contributed by atoms with Crippen LogP contribution in [0, 0.1) is 0 Å². The third-order valence-corrected chi connectivity index (χ3v) is 5.92. The normalized spacial score (nSPS) is 18.1. The monoisotopic (exact) mass is 299 g/mol. The van der Waals surface area contributed by atoms with E-state index in [1.165, 1.54) is 0 Å². The first kappa shape index (κ1) is 15.3.